The van der Waals surface area contributed by atoms with Gasteiger partial charge in [0.25, 0.3) is 5.91 Å². The summed E-state index contributed by atoms with van der Waals surface area (Å²) in [6.45, 7) is -0.396. The fourth-order valence-corrected chi connectivity index (χ4v) is 2.27. The van der Waals surface area contributed by atoms with Crippen LogP contribution in [-0.4, -0.2) is 12.5 Å². The van der Waals surface area contributed by atoms with E-state index in [4.69, 9.17) is 4.74 Å². The summed E-state index contributed by atoms with van der Waals surface area (Å²) >= 11 is 0. The number of carbonyl (C=O) groups is 1. The van der Waals surface area contributed by atoms with Crippen LogP contribution in [0.2, 0.25) is 0 Å². The van der Waals surface area contributed by atoms with Gasteiger partial charge in [0.05, 0.1) is 5.69 Å². The molecule has 3 aromatic rings. The molecule has 0 aliphatic heterocycles. The first-order valence-electron chi connectivity index (χ1n) is 7.10. The van der Waals surface area contributed by atoms with E-state index in [0.717, 1.165) is 22.9 Å². The van der Waals surface area contributed by atoms with Crippen LogP contribution >= 0.6 is 0 Å². The topological polar surface area (TPSA) is 38.3 Å². The van der Waals surface area contributed by atoms with Gasteiger partial charge < -0.3 is 10.1 Å². The predicted octanol–water partition coefficient (Wildman–Crippen LogP) is 4.27. The molecule has 3 rings (SSSR count). The second kappa shape index (κ2) is 6.62. The number of benzene rings is 3. The van der Waals surface area contributed by atoms with Crippen molar-refractivity contribution in [1.82, 2.24) is 0 Å². The number of hydrogen-bond acceptors (Lipinski definition) is 2. The molecule has 1 amide bonds. The Morgan fingerprint density at radius 3 is 2.50 bits per heavy atom. The summed E-state index contributed by atoms with van der Waals surface area (Å²) in [5.74, 6) is -4.60. The summed E-state index contributed by atoms with van der Waals surface area (Å²) in [6.07, 6.45) is 0. The normalized spacial score (nSPS) is 10.6. The van der Waals surface area contributed by atoms with Crippen LogP contribution < -0.4 is 10.1 Å². The first kappa shape index (κ1) is 15.9. The Morgan fingerprint density at radius 2 is 1.67 bits per heavy atom. The first-order valence-corrected chi connectivity index (χ1v) is 7.10. The lowest BCUT2D eigenvalue weighted by molar-refractivity contribution is -0.118. The van der Waals surface area contributed by atoms with Crippen molar-refractivity contribution in [2.75, 3.05) is 11.9 Å². The lowest BCUT2D eigenvalue weighted by Gasteiger charge is -2.10. The van der Waals surface area contributed by atoms with Crippen molar-refractivity contribution in [3.05, 3.63) is 72.0 Å². The highest BCUT2D eigenvalue weighted by Gasteiger charge is 2.15. The third-order valence-corrected chi connectivity index (χ3v) is 3.42. The van der Waals surface area contributed by atoms with Gasteiger partial charge in [0, 0.05) is 5.39 Å². The summed E-state index contributed by atoms with van der Waals surface area (Å²) in [6, 6.07) is 14.5. The Hall–Kier alpha value is -3.02. The average Bonchev–Trinajstić information content (AvgIpc) is 2.60. The van der Waals surface area contributed by atoms with Crippen LogP contribution in [0.15, 0.2) is 54.6 Å². The van der Waals surface area contributed by atoms with E-state index in [2.05, 4.69) is 5.32 Å². The molecule has 0 spiro atoms. The number of ether oxygens (including phenoxy) is 1. The van der Waals surface area contributed by atoms with E-state index in [-0.39, 0.29) is 0 Å². The van der Waals surface area contributed by atoms with Gasteiger partial charge in [0.15, 0.2) is 24.1 Å². The lowest BCUT2D eigenvalue weighted by Crippen LogP contribution is -2.21. The van der Waals surface area contributed by atoms with Crippen molar-refractivity contribution >= 4 is 22.4 Å². The van der Waals surface area contributed by atoms with Crippen LogP contribution in [0.25, 0.3) is 10.8 Å². The highest BCUT2D eigenvalue weighted by Crippen LogP contribution is 2.25. The van der Waals surface area contributed by atoms with Crippen molar-refractivity contribution < 1.29 is 22.7 Å². The zero-order valence-corrected chi connectivity index (χ0v) is 12.4. The van der Waals surface area contributed by atoms with Gasteiger partial charge >= 0.3 is 0 Å². The van der Waals surface area contributed by atoms with Gasteiger partial charge in [0.1, 0.15) is 5.75 Å². The third-order valence-electron chi connectivity index (χ3n) is 3.42. The van der Waals surface area contributed by atoms with Crippen molar-refractivity contribution in [2.45, 2.75) is 0 Å². The number of halogens is 3. The highest BCUT2D eigenvalue weighted by atomic mass is 19.2. The van der Waals surface area contributed by atoms with Gasteiger partial charge in [-0.3, -0.25) is 4.79 Å². The monoisotopic (exact) mass is 331 g/mol. The van der Waals surface area contributed by atoms with E-state index in [9.17, 15) is 18.0 Å². The van der Waals surface area contributed by atoms with Crippen molar-refractivity contribution in [3.63, 3.8) is 0 Å². The minimum atomic E-state index is -1.64. The average molecular weight is 331 g/mol. The van der Waals surface area contributed by atoms with Crippen LogP contribution in [-0.2, 0) is 4.79 Å². The number of rotatable bonds is 4. The maximum atomic E-state index is 13.5. The molecule has 0 unspecified atom stereocenters. The summed E-state index contributed by atoms with van der Waals surface area (Å²) in [5.41, 5.74) is -0.444. The second-order valence-electron chi connectivity index (χ2n) is 5.04. The Kier molecular flexibility index (Phi) is 4.37. The third kappa shape index (κ3) is 3.17. The molecular weight excluding hydrogens is 319 g/mol. The molecule has 0 saturated carbocycles. The van der Waals surface area contributed by atoms with E-state index in [1.807, 2.05) is 30.3 Å². The van der Waals surface area contributed by atoms with E-state index in [0.29, 0.717) is 5.75 Å². The van der Waals surface area contributed by atoms with Gasteiger partial charge in [0.2, 0.25) is 0 Å². The van der Waals surface area contributed by atoms with Gasteiger partial charge in [-0.2, -0.15) is 0 Å². The Labute approximate surface area is 135 Å². The highest BCUT2D eigenvalue weighted by molar-refractivity contribution is 5.93. The van der Waals surface area contributed by atoms with Gasteiger partial charge in [-0.25, -0.2) is 13.2 Å². The molecule has 24 heavy (non-hydrogen) atoms. The van der Waals surface area contributed by atoms with Gasteiger partial charge in [-0.05, 0) is 23.6 Å². The van der Waals surface area contributed by atoms with Crippen molar-refractivity contribution in [3.8, 4) is 5.75 Å². The molecule has 0 bridgehead atoms. The fraction of sp³-hybridized carbons (Fsp3) is 0.0556. The SMILES string of the molecule is O=C(COc1cccc2ccccc12)Nc1ccc(F)c(F)c1F. The standard InChI is InChI=1S/C18H12F3NO2/c19-13-8-9-14(18(21)17(13)20)22-16(23)10-24-15-7-3-5-11-4-1-2-6-12(11)15/h1-9H,10H2,(H,22,23). The summed E-state index contributed by atoms with van der Waals surface area (Å²) < 4.78 is 45.0. The maximum Gasteiger partial charge on any atom is 0.262 e. The lowest BCUT2D eigenvalue weighted by atomic mass is 10.1. The van der Waals surface area contributed by atoms with Crippen LogP contribution in [0, 0.1) is 17.5 Å². The van der Waals surface area contributed by atoms with E-state index >= 15 is 0 Å². The number of fused-ring (bicyclic) bond motifs is 1. The number of anilines is 1. The Morgan fingerprint density at radius 1 is 0.917 bits per heavy atom. The fourth-order valence-electron chi connectivity index (χ4n) is 2.27. The van der Waals surface area contributed by atoms with Crippen molar-refractivity contribution in [2.24, 2.45) is 0 Å². The molecule has 122 valence electrons. The molecular formula is C18H12F3NO2. The van der Waals surface area contributed by atoms with Crippen LogP contribution in [0.1, 0.15) is 0 Å². The Balaban J connectivity index is 1.71. The Bertz CT molecular complexity index is 907. The molecule has 1 N–H and O–H groups in total. The van der Waals surface area contributed by atoms with E-state index < -0.39 is 35.7 Å². The van der Waals surface area contributed by atoms with Gasteiger partial charge in [-0.1, -0.05) is 36.4 Å². The molecule has 6 heteroatoms. The molecule has 0 radical (unpaired) electrons. The molecule has 0 aliphatic carbocycles. The quantitative estimate of drug-likeness (QED) is 0.725. The molecule has 3 aromatic carbocycles. The molecule has 0 atom stereocenters. The largest absolute Gasteiger partial charge is 0.483 e. The number of nitrogens with one attached hydrogen (secondary N) is 1. The zero-order valence-electron chi connectivity index (χ0n) is 12.4. The smallest absolute Gasteiger partial charge is 0.262 e. The summed E-state index contributed by atoms with van der Waals surface area (Å²) in [5, 5.41) is 3.92. The van der Waals surface area contributed by atoms with Crippen LogP contribution in [0.4, 0.5) is 18.9 Å². The molecule has 0 fully saturated rings. The van der Waals surface area contributed by atoms with E-state index in [1.165, 1.54) is 0 Å². The second-order valence-corrected chi connectivity index (χ2v) is 5.04. The molecule has 0 aliphatic rings. The summed E-state index contributed by atoms with van der Waals surface area (Å²) in [4.78, 5) is 11.9. The minimum absolute atomic E-state index is 0.396. The first-order chi connectivity index (χ1) is 11.6. The molecule has 0 aromatic heterocycles. The van der Waals surface area contributed by atoms with Crippen LogP contribution in [0.5, 0.6) is 5.75 Å². The van der Waals surface area contributed by atoms with Crippen LogP contribution in [0.3, 0.4) is 0 Å². The number of carbonyl (C=O) groups excluding carboxylic acids is 1. The zero-order chi connectivity index (χ0) is 17.1. The number of amides is 1. The molecule has 3 nitrogen and oxygen atoms in total. The molecule has 0 heterocycles. The van der Waals surface area contributed by atoms with E-state index in [1.54, 1.807) is 12.1 Å². The van der Waals surface area contributed by atoms with Crippen molar-refractivity contribution in [1.29, 1.82) is 0 Å². The maximum absolute atomic E-state index is 13.5. The van der Waals surface area contributed by atoms with Gasteiger partial charge in [-0.15, -0.1) is 0 Å². The molecule has 0 saturated heterocycles. The number of hydrogen-bond donors (Lipinski definition) is 1. The predicted molar refractivity (Wildman–Crippen MR) is 84.4 cm³/mol. The summed E-state index contributed by atoms with van der Waals surface area (Å²) in [7, 11) is 0. The minimum Gasteiger partial charge on any atom is -0.483 e.